The van der Waals surface area contributed by atoms with Gasteiger partial charge in [-0.1, -0.05) is 37.4 Å². The molecule has 4 aromatic rings. The number of nitrogens with zero attached hydrogens (tertiary/aromatic N) is 6. The molecule has 0 spiro atoms. The monoisotopic (exact) mass is 374 g/mol. The molecule has 0 aliphatic heterocycles. The molecule has 0 atom stereocenters. The standard InChI is InChI=1S/C19H5F3N6/c1-23-15-16(24-2)28-18-17(27-15)25-13-9-5-3-4-8-6-7-10(19(20,21)22)12(11(8)9)14(13)26-18/h3-7H. The second-order valence-corrected chi connectivity index (χ2v) is 6.05. The van der Waals surface area contributed by atoms with Gasteiger partial charge in [0.05, 0.1) is 5.56 Å². The summed E-state index contributed by atoms with van der Waals surface area (Å²) in [7, 11) is 0. The smallest absolute Gasteiger partial charge is 0.370 e. The fourth-order valence-corrected chi connectivity index (χ4v) is 3.44. The SMILES string of the molecule is [C-]#[N+]c1nc2nc3c(nc2nc1[N+]#[C-])-c1c(C(F)(F)F)ccc2cccc-3c12. The van der Waals surface area contributed by atoms with Gasteiger partial charge in [0.2, 0.25) is 0 Å². The van der Waals surface area contributed by atoms with E-state index in [1.165, 1.54) is 6.07 Å². The molecule has 0 amide bonds. The van der Waals surface area contributed by atoms with Crippen LogP contribution in [0.5, 0.6) is 0 Å². The second kappa shape index (κ2) is 5.21. The van der Waals surface area contributed by atoms with Crippen molar-refractivity contribution in [3.8, 4) is 22.5 Å². The molecule has 0 fully saturated rings. The zero-order chi connectivity index (χ0) is 19.6. The number of aromatic nitrogens is 4. The Kier molecular flexibility index (Phi) is 2.99. The molecule has 2 aromatic carbocycles. The molecule has 0 unspecified atom stereocenters. The minimum Gasteiger partial charge on any atom is -0.370 e. The zero-order valence-corrected chi connectivity index (χ0v) is 13.7. The van der Waals surface area contributed by atoms with E-state index >= 15 is 0 Å². The Balaban J connectivity index is 1.95. The van der Waals surface area contributed by atoms with E-state index in [-0.39, 0.29) is 39.9 Å². The molecule has 6 nitrogen and oxygen atoms in total. The maximum atomic E-state index is 13.7. The van der Waals surface area contributed by atoms with Crippen LogP contribution >= 0.6 is 0 Å². The van der Waals surface area contributed by atoms with Gasteiger partial charge in [0.25, 0.3) is 11.6 Å². The molecule has 0 radical (unpaired) electrons. The lowest BCUT2D eigenvalue weighted by molar-refractivity contribution is -0.137. The molecule has 5 rings (SSSR count). The van der Waals surface area contributed by atoms with E-state index in [1.54, 1.807) is 18.2 Å². The quantitative estimate of drug-likeness (QED) is 0.343. The van der Waals surface area contributed by atoms with E-state index in [9.17, 15) is 13.2 Å². The minimum atomic E-state index is -4.57. The Morgan fingerprint density at radius 1 is 0.786 bits per heavy atom. The Bertz CT molecular complexity index is 1430. The second-order valence-electron chi connectivity index (χ2n) is 6.05. The van der Waals surface area contributed by atoms with E-state index < -0.39 is 11.7 Å². The fraction of sp³-hybridized carbons (Fsp3) is 0.0526. The van der Waals surface area contributed by atoms with Crippen LogP contribution in [0.1, 0.15) is 5.56 Å². The molecule has 1 aliphatic carbocycles. The summed E-state index contributed by atoms with van der Waals surface area (Å²) in [6.07, 6.45) is -4.57. The normalized spacial score (nSPS) is 12.0. The highest BCUT2D eigenvalue weighted by Gasteiger charge is 2.39. The van der Waals surface area contributed by atoms with Crippen LogP contribution in [0.25, 0.3) is 54.3 Å². The minimum absolute atomic E-state index is 0.00974. The summed E-state index contributed by atoms with van der Waals surface area (Å²) in [4.78, 5) is 22.9. The number of alkyl halides is 3. The van der Waals surface area contributed by atoms with Gasteiger partial charge in [0.15, 0.2) is 0 Å². The molecule has 132 valence electrons. The summed E-state index contributed by atoms with van der Waals surface area (Å²) in [6, 6.07) is 7.57. The lowest BCUT2D eigenvalue weighted by Crippen LogP contribution is -2.07. The first-order valence-electron chi connectivity index (χ1n) is 7.90. The van der Waals surface area contributed by atoms with E-state index in [0.29, 0.717) is 16.3 Å². The lowest BCUT2D eigenvalue weighted by atomic mass is 9.99. The Labute approximate surface area is 155 Å². The van der Waals surface area contributed by atoms with Crippen molar-refractivity contribution in [2.24, 2.45) is 0 Å². The predicted octanol–water partition coefficient (Wildman–Crippen LogP) is 5.34. The number of halogens is 3. The first-order valence-corrected chi connectivity index (χ1v) is 7.90. The molecule has 0 saturated carbocycles. The molecule has 28 heavy (non-hydrogen) atoms. The van der Waals surface area contributed by atoms with E-state index in [4.69, 9.17) is 13.1 Å². The first kappa shape index (κ1) is 16.1. The van der Waals surface area contributed by atoms with Crippen molar-refractivity contribution in [2.45, 2.75) is 6.18 Å². The summed E-state index contributed by atoms with van der Waals surface area (Å²) in [5.74, 6) is -0.483. The Hall–Kier alpha value is -4.11. The van der Waals surface area contributed by atoms with Crippen LogP contribution in [0.2, 0.25) is 0 Å². The molecule has 0 saturated heterocycles. The number of hydrogen-bond acceptors (Lipinski definition) is 4. The van der Waals surface area contributed by atoms with Gasteiger partial charge in [-0.05, 0) is 11.5 Å². The summed E-state index contributed by atoms with van der Waals surface area (Å²) in [5, 5.41) is 1.05. The third-order valence-electron chi connectivity index (χ3n) is 4.54. The average molecular weight is 374 g/mol. The van der Waals surface area contributed by atoms with E-state index in [0.717, 1.165) is 6.07 Å². The van der Waals surface area contributed by atoms with Gasteiger partial charge in [-0.15, -0.1) is 9.97 Å². The molecule has 9 heteroatoms. The maximum absolute atomic E-state index is 13.7. The highest BCUT2D eigenvalue weighted by Crippen LogP contribution is 2.50. The van der Waals surface area contributed by atoms with Gasteiger partial charge in [0.1, 0.15) is 11.4 Å². The number of fused-ring (bicyclic) bond motifs is 4. The summed E-state index contributed by atoms with van der Waals surface area (Å²) < 4.78 is 41.0. The van der Waals surface area contributed by atoms with Gasteiger partial charge in [-0.3, -0.25) is 0 Å². The van der Waals surface area contributed by atoms with Crippen molar-refractivity contribution in [1.29, 1.82) is 0 Å². The summed E-state index contributed by atoms with van der Waals surface area (Å²) in [6.45, 7) is 14.2. The van der Waals surface area contributed by atoms with Crippen molar-refractivity contribution in [3.05, 3.63) is 58.7 Å². The fourth-order valence-electron chi connectivity index (χ4n) is 3.44. The molecule has 2 aromatic heterocycles. The molecule has 2 heterocycles. The highest BCUT2D eigenvalue weighted by molar-refractivity contribution is 6.15. The van der Waals surface area contributed by atoms with Crippen molar-refractivity contribution in [1.82, 2.24) is 19.9 Å². The lowest BCUT2D eigenvalue weighted by Gasteiger charge is -2.12. The van der Waals surface area contributed by atoms with Gasteiger partial charge in [-0.25, -0.2) is 0 Å². The maximum Gasteiger partial charge on any atom is 0.417 e. The molecule has 0 N–H and O–H groups in total. The van der Waals surface area contributed by atoms with Crippen molar-refractivity contribution in [2.75, 3.05) is 0 Å². The van der Waals surface area contributed by atoms with Gasteiger partial charge >= 0.3 is 17.5 Å². The van der Waals surface area contributed by atoms with Gasteiger partial charge in [-0.2, -0.15) is 23.1 Å². The molecular formula is C19H5F3N6. The third-order valence-corrected chi connectivity index (χ3v) is 4.54. The van der Waals surface area contributed by atoms with Crippen LogP contribution in [0.4, 0.5) is 24.8 Å². The van der Waals surface area contributed by atoms with Crippen molar-refractivity contribution >= 4 is 33.7 Å². The number of rotatable bonds is 0. The van der Waals surface area contributed by atoms with E-state index in [2.05, 4.69) is 29.6 Å². The Morgan fingerprint density at radius 3 is 2.04 bits per heavy atom. The van der Waals surface area contributed by atoms with Crippen molar-refractivity contribution < 1.29 is 13.2 Å². The van der Waals surface area contributed by atoms with Crippen LogP contribution in [-0.4, -0.2) is 19.9 Å². The predicted molar refractivity (Wildman–Crippen MR) is 94.6 cm³/mol. The first-order chi connectivity index (χ1) is 13.4. The van der Waals surface area contributed by atoms with Crippen LogP contribution in [-0.2, 0) is 6.18 Å². The molecule has 1 aliphatic rings. The largest absolute Gasteiger partial charge is 0.417 e. The van der Waals surface area contributed by atoms with Crippen LogP contribution in [0, 0.1) is 13.1 Å². The number of benzene rings is 2. The number of hydrogen-bond donors (Lipinski definition) is 0. The Morgan fingerprint density at radius 2 is 1.43 bits per heavy atom. The van der Waals surface area contributed by atoms with Crippen LogP contribution in [0.3, 0.4) is 0 Å². The van der Waals surface area contributed by atoms with Crippen LogP contribution < -0.4 is 0 Å². The van der Waals surface area contributed by atoms with Gasteiger partial charge in [0, 0.05) is 16.5 Å². The average Bonchev–Trinajstić information content (AvgIpc) is 3.00. The highest BCUT2D eigenvalue weighted by atomic mass is 19.4. The topological polar surface area (TPSA) is 60.3 Å². The summed E-state index contributed by atoms with van der Waals surface area (Å²) >= 11 is 0. The zero-order valence-electron chi connectivity index (χ0n) is 13.7. The molecular weight excluding hydrogens is 369 g/mol. The summed E-state index contributed by atoms with van der Waals surface area (Å²) in [5.41, 5.74) is -0.103. The van der Waals surface area contributed by atoms with Crippen molar-refractivity contribution in [3.63, 3.8) is 0 Å². The third kappa shape index (κ3) is 2.01. The van der Waals surface area contributed by atoms with Gasteiger partial charge < -0.3 is 9.69 Å². The van der Waals surface area contributed by atoms with Crippen LogP contribution in [0.15, 0.2) is 30.3 Å². The molecule has 0 bridgehead atoms. The van der Waals surface area contributed by atoms with E-state index in [1.807, 2.05) is 0 Å².